The minimum Gasteiger partial charge on any atom is -0.361 e. The lowest BCUT2D eigenvalue weighted by molar-refractivity contribution is 0.126. The standard InChI is InChI=1S/C23H26FN3O/c24-21-10-8-20(9-11-21)23-17-22(28-25-23)7-4-12-26-13-15-27(16-14-26)18-19-5-2-1-3-6-19/h1-3,5-6,8-11,17H,4,7,12-16,18H2. The SMILES string of the molecule is Fc1ccc(-c2cc(CCCN3CCN(Cc4ccccc4)CC3)on2)cc1. The van der Waals surface area contributed by atoms with Crippen LogP contribution in [0.4, 0.5) is 4.39 Å². The Bertz CT molecular complexity index is 855. The molecule has 0 spiro atoms. The number of aryl methyl sites for hydroxylation is 1. The van der Waals surface area contributed by atoms with Crippen LogP contribution in [0.15, 0.2) is 65.2 Å². The first kappa shape index (κ1) is 18.8. The van der Waals surface area contributed by atoms with Crippen molar-refractivity contribution < 1.29 is 8.91 Å². The van der Waals surface area contributed by atoms with Crippen molar-refractivity contribution in [1.29, 1.82) is 0 Å². The van der Waals surface area contributed by atoms with Gasteiger partial charge in [0.15, 0.2) is 0 Å². The second-order valence-electron chi connectivity index (χ2n) is 7.39. The van der Waals surface area contributed by atoms with E-state index in [2.05, 4.69) is 45.3 Å². The minimum absolute atomic E-state index is 0.240. The molecule has 0 N–H and O–H groups in total. The molecule has 28 heavy (non-hydrogen) atoms. The van der Waals surface area contributed by atoms with E-state index in [4.69, 9.17) is 4.52 Å². The lowest BCUT2D eigenvalue weighted by Gasteiger charge is -2.34. The monoisotopic (exact) mass is 379 g/mol. The Morgan fingerprint density at radius 2 is 1.61 bits per heavy atom. The zero-order valence-corrected chi connectivity index (χ0v) is 16.1. The van der Waals surface area contributed by atoms with Crippen LogP contribution in [-0.4, -0.2) is 47.7 Å². The normalized spacial score (nSPS) is 15.8. The van der Waals surface area contributed by atoms with Crippen molar-refractivity contribution in [2.75, 3.05) is 32.7 Å². The molecule has 0 radical (unpaired) electrons. The number of halogens is 1. The highest BCUT2D eigenvalue weighted by molar-refractivity contribution is 5.58. The van der Waals surface area contributed by atoms with Crippen LogP contribution in [0.5, 0.6) is 0 Å². The van der Waals surface area contributed by atoms with Crippen molar-refractivity contribution in [3.05, 3.63) is 77.8 Å². The van der Waals surface area contributed by atoms with Gasteiger partial charge in [0.25, 0.3) is 0 Å². The highest BCUT2D eigenvalue weighted by Crippen LogP contribution is 2.20. The second kappa shape index (κ2) is 9.13. The smallest absolute Gasteiger partial charge is 0.137 e. The molecule has 0 unspecified atom stereocenters. The summed E-state index contributed by atoms with van der Waals surface area (Å²) in [5.41, 5.74) is 3.04. The van der Waals surface area contributed by atoms with Crippen LogP contribution >= 0.6 is 0 Å². The number of hydrogen-bond donors (Lipinski definition) is 0. The Kier molecular flexibility index (Phi) is 6.14. The van der Waals surface area contributed by atoms with Crippen LogP contribution in [-0.2, 0) is 13.0 Å². The molecular formula is C23H26FN3O. The topological polar surface area (TPSA) is 32.5 Å². The van der Waals surface area contributed by atoms with Crippen LogP contribution in [0.25, 0.3) is 11.3 Å². The molecule has 5 heteroatoms. The summed E-state index contributed by atoms with van der Waals surface area (Å²) in [6.45, 7) is 6.58. The number of rotatable bonds is 7. The molecule has 0 aliphatic carbocycles. The molecule has 1 aromatic heterocycles. The van der Waals surface area contributed by atoms with Crippen LogP contribution in [0.2, 0.25) is 0 Å². The van der Waals surface area contributed by atoms with E-state index < -0.39 is 0 Å². The maximum atomic E-state index is 13.0. The first-order valence-corrected chi connectivity index (χ1v) is 9.96. The summed E-state index contributed by atoms with van der Waals surface area (Å²) >= 11 is 0. The number of benzene rings is 2. The molecule has 1 saturated heterocycles. The van der Waals surface area contributed by atoms with E-state index in [9.17, 15) is 4.39 Å². The molecule has 4 nitrogen and oxygen atoms in total. The van der Waals surface area contributed by atoms with Gasteiger partial charge in [-0.15, -0.1) is 0 Å². The van der Waals surface area contributed by atoms with Crippen LogP contribution in [0, 0.1) is 5.82 Å². The van der Waals surface area contributed by atoms with Crippen molar-refractivity contribution in [3.8, 4) is 11.3 Å². The van der Waals surface area contributed by atoms with Crippen molar-refractivity contribution in [2.24, 2.45) is 0 Å². The van der Waals surface area contributed by atoms with Gasteiger partial charge in [0, 0.05) is 50.8 Å². The number of piperazine rings is 1. The first-order chi connectivity index (χ1) is 13.8. The van der Waals surface area contributed by atoms with Gasteiger partial charge in [-0.25, -0.2) is 4.39 Å². The van der Waals surface area contributed by atoms with Gasteiger partial charge in [-0.3, -0.25) is 4.90 Å². The lowest BCUT2D eigenvalue weighted by Crippen LogP contribution is -2.46. The van der Waals surface area contributed by atoms with E-state index in [0.717, 1.165) is 69.1 Å². The van der Waals surface area contributed by atoms with E-state index in [1.54, 1.807) is 12.1 Å². The van der Waals surface area contributed by atoms with Crippen molar-refractivity contribution in [3.63, 3.8) is 0 Å². The third-order valence-electron chi connectivity index (χ3n) is 5.31. The summed E-state index contributed by atoms with van der Waals surface area (Å²) < 4.78 is 18.5. The molecule has 3 aromatic rings. The zero-order chi connectivity index (χ0) is 19.2. The fourth-order valence-corrected chi connectivity index (χ4v) is 3.68. The zero-order valence-electron chi connectivity index (χ0n) is 16.1. The van der Waals surface area contributed by atoms with Gasteiger partial charge < -0.3 is 9.42 Å². The van der Waals surface area contributed by atoms with E-state index in [1.807, 2.05) is 6.07 Å². The lowest BCUT2D eigenvalue weighted by atomic mass is 10.1. The molecule has 0 saturated carbocycles. The van der Waals surface area contributed by atoms with Gasteiger partial charge >= 0.3 is 0 Å². The fourth-order valence-electron chi connectivity index (χ4n) is 3.68. The first-order valence-electron chi connectivity index (χ1n) is 9.96. The minimum atomic E-state index is -0.240. The summed E-state index contributed by atoms with van der Waals surface area (Å²) in [4.78, 5) is 5.05. The summed E-state index contributed by atoms with van der Waals surface area (Å²) in [7, 11) is 0. The maximum absolute atomic E-state index is 13.0. The third kappa shape index (κ3) is 5.06. The molecule has 146 valence electrons. The molecule has 1 aliphatic heterocycles. The Hall–Kier alpha value is -2.50. The predicted octanol–water partition coefficient (Wildman–Crippen LogP) is 4.23. The molecule has 4 rings (SSSR count). The molecule has 0 amide bonds. The van der Waals surface area contributed by atoms with Gasteiger partial charge in [0.05, 0.1) is 0 Å². The van der Waals surface area contributed by atoms with E-state index in [-0.39, 0.29) is 5.82 Å². The summed E-state index contributed by atoms with van der Waals surface area (Å²) in [6, 6.07) is 19.0. The number of aromatic nitrogens is 1. The van der Waals surface area contributed by atoms with E-state index >= 15 is 0 Å². The number of hydrogen-bond acceptors (Lipinski definition) is 4. The Labute approximate surface area is 165 Å². The summed E-state index contributed by atoms with van der Waals surface area (Å²) in [6.07, 6.45) is 1.93. The van der Waals surface area contributed by atoms with Gasteiger partial charge in [0.2, 0.25) is 0 Å². The average Bonchev–Trinajstić information content (AvgIpc) is 3.20. The van der Waals surface area contributed by atoms with Gasteiger partial charge in [0.1, 0.15) is 17.3 Å². The maximum Gasteiger partial charge on any atom is 0.137 e. The van der Waals surface area contributed by atoms with Crippen molar-refractivity contribution in [2.45, 2.75) is 19.4 Å². The molecule has 1 fully saturated rings. The van der Waals surface area contributed by atoms with Gasteiger partial charge in [-0.1, -0.05) is 35.5 Å². The second-order valence-corrected chi connectivity index (χ2v) is 7.39. The molecular weight excluding hydrogens is 353 g/mol. The predicted molar refractivity (Wildman–Crippen MR) is 108 cm³/mol. The number of nitrogens with zero attached hydrogens (tertiary/aromatic N) is 3. The largest absolute Gasteiger partial charge is 0.361 e. The average molecular weight is 379 g/mol. The highest BCUT2D eigenvalue weighted by atomic mass is 19.1. The van der Waals surface area contributed by atoms with Crippen molar-refractivity contribution in [1.82, 2.24) is 15.0 Å². The Morgan fingerprint density at radius 1 is 0.893 bits per heavy atom. The molecule has 2 heterocycles. The fraction of sp³-hybridized carbons (Fsp3) is 0.348. The van der Waals surface area contributed by atoms with Gasteiger partial charge in [-0.2, -0.15) is 0 Å². The van der Waals surface area contributed by atoms with E-state index in [0.29, 0.717) is 0 Å². The molecule has 0 bridgehead atoms. The van der Waals surface area contributed by atoms with E-state index in [1.165, 1.54) is 17.7 Å². The van der Waals surface area contributed by atoms with Crippen LogP contribution < -0.4 is 0 Å². The molecule has 1 aliphatic rings. The molecule has 2 aromatic carbocycles. The summed E-state index contributed by atoms with van der Waals surface area (Å²) in [5, 5.41) is 4.11. The van der Waals surface area contributed by atoms with Gasteiger partial charge in [-0.05, 0) is 42.8 Å². The van der Waals surface area contributed by atoms with Crippen molar-refractivity contribution >= 4 is 0 Å². The Morgan fingerprint density at radius 3 is 2.36 bits per heavy atom. The molecule has 0 atom stereocenters. The third-order valence-corrected chi connectivity index (χ3v) is 5.31. The summed E-state index contributed by atoms with van der Waals surface area (Å²) in [5.74, 6) is 0.651. The highest BCUT2D eigenvalue weighted by Gasteiger charge is 2.17. The van der Waals surface area contributed by atoms with Crippen LogP contribution in [0.3, 0.4) is 0 Å². The van der Waals surface area contributed by atoms with Crippen LogP contribution in [0.1, 0.15) is 17.7 Å². The Balaban J connectivity index is 1.19. The quantitative estimate of drug-likeness (QED) is 0.615.